The smallest absolute Gasteiger partial charge is 0.251 e. The molecule has 0 aliphatic carbocycles. The van der Waals surface area contributed by atoms with Crippen molar-refractivity contribution < 1.29 is 14.0 Å². The SMILES string of the molecule is CC(Cc1ccco1)NC(=O)c1ccc(CN2C(=O)CCn3nccc32)cc1. The van der Waals surface area contributed by atoms with Gasteiger partial charge in [-0.05, 0) is 36.8 Å². The van der Waals surface area contributed by atoms with Crippen molar-refractivity contribution in [2.75, 3.05) is 4.90 Å². The van der Waals surface area contributed by atoms with Crippen LogP contribution in [0.1, 0.15) is 35.0 Å². The minimum absolute atomic E-state index is 0.0374. The number of aryl methyl sites for hydroxylation is 1. The lowest BCUT2D eigenvalue weighted by molar-refractivity contribution is -0.119. The van der Waals surface area contributed by atoms with Crippen molar-refractivity contribution in [1.29, 1.82) is 0 Å². The number of aromatic nitrogens is 2. The number of amides is 2. The van der Waals surface area contributed by atoms with Gasteiger partial charge in [-0.1, -0.05) is 12.1 Å². The number of anilines is 1. The average molecular weight is 378 g/mol. The van der Waals surface area contributed by atoms with Crippen LogP contribution in [0.25, 0.3) is 0 Å². The van der Waals surface area contributed by atoms with Crippen LogP contribution >= 0.6 is 0 Å². The topological polar surface area (TPSA) is 80.4 Å². The number of hydrogen-bond donors (Lipinski definition) is 1. The molecule has 7 nitrogen and oxygen atoms in total. The molecule has 2 amide bonds. The van der Waals surface area contributed by atoms with Crippen molar-refractivity contribution in [3.63, 3.8) is 0 Å². The molecular weight excluding hydrogens is 356 g/mol. The number of hydrogen-bond acceptors (Lipinski definition) is 4. The number of nitrogens with one attached hydrogen (secondary N) is 1. The summed E-state index contributed by atoms with van der Waals surface area (Å²) in [6, 6.07) is 12.9. The van der Waals surface area contributed by atoms with E-state index in [9.17, 15) is 9.59 Å². The molecule has 0 fully saturated rings. The third kappa shape index (κ3) is 3.83. The van der Waals surface area contributed by atoms with E-state index in [2.05, 4.69) is 10.4 Å². The molecule has 144 valence electrons. The van der Waals surface area contributed by atoms with Gasteiger partial charge in [0, 0.05) is 30.5 Å². The lowest BCUT2D eigenvalue weighted by Crippen LogP contribution is -2.37. The molecule has 2 aromatic heterocycles. The molecular formula is C21H22N4O3. The van der Waals surface area contributed by atoms with Crippen molar-refractivity contribution in [3.05, 3.63) is 71.8 Å². The molecule has 4 rings (SSSR count). The lowest BCUT2D eigenvalue weighted by Gasteiger charge is -2.27. The Bertz CT molecular complexity index is 960. The van der Waals surface area contributed by atoms with Crippen LogP contribution < -0.4 is 10.2 Å². The molecule has 7 heteroatoms. The van der Waals surface area contributed by atoms with Gasteiger partial charge in [0.1, 0.15) is 11.6 Å². The standard InChI is InChI=1S/C21H22N4O3/c1-15(13-18-3-2-12-28-18)23-21(27)17-6-4-16(5-7-17)14-24-19-8-10-22-25(19)11-9-20(24)26/h2-8,10,12,15H,9,11,13-14H2,1H3,(H,23,27). The van der Waals surface area contributed by atoms with Gasteiger partial charge in [0.25, 0.3) is 5.91 Å². The highest BCUT2D eigenvalue weighted by atomic mass is 16.3. The molecule has 28 heavy (non-hydrogen) atoms. The van der Waals surface area contributed by atoms with Gasteiger partial charge in [-0.2, -0.15) is 5.10 Å². The van der Waals surface area contributed by atoms with E-state index >= 15 is 0 Å². The van der Waals surface area contributed by atoms with E-state index in [-0.39, 0.29) is 17.9 Å². The minimum Gasteiger partial charge on any atom is -0.469 e. The highest BCUT2D eigenvalue weighted by Crippen LogP contribution is 2.23. The molecule has 0 saturated heterocycles. The quantitative estimate of drug-likeness (QED) is 0.715. The zero-order valence-electron chi connectivity index (χ0n) is 15.7. The van der Waals surface area contributed by atoms with Gasteiger partial charge in [0.05, 0.1) is 25.5 Å². The van der Waals surface area contributed by atoms with E-state index in [1.807, 2.05) is 41.9 Å². The van der Waals surface area contributed by atoms with E-state index in [0.29, 0.717) is 31.5 Å². The van der Waals surface area contributed by atoms with Crippen LogP contribution in [-0.4, -0.2) is 27.6 Å². The van der Waals surface area contributed by atoms with Gasteiger partial charge in [-0.25, -0.2) is 4.68 Å². The second kappa shape index (κ2) is 7.72. The number of furan rings is 1. The first-order chi connectivity index (χ1) is 13.6. The van der Waals surface area contributed by atoms with Gasteiger partial charge in [0.15, 0.2) is 0 Å². The molecule has 0 bridgehead atoms. The van der Waals surface area contributed by atoms with Crippen LogP contribution in [0.3, 0.4) is 0 Å². The molecule has 1 unspecified atom stereocenters. The van der Waals surface area contributed by atoms with Gasteiger partial charge in [0.2, 0.25) is 5.91 Å². The fraction of sp³-hybridized carbons (Fsp3) is 0.286. The third-order valence-corrected chi connectivity index (χ3v) is 4.83. The summed E-state index contributed by atoms with van der Waals surface area (Å²) < 4.78 is 7.15. The van der Waals surface area contributed by atoms with E-state index in [1.165, 1.54) is 0 Å². The molecule has 1 aliphatic heterocycles. The molecule has 1 aliphatic rings. The van der Waals surface area contributed by atoms with Crippen LogP contribution in [0.5, 0.6) is 0 Å². The van der Waals surface area contributed by atoms with Crippen LogP contribution in [0.4, 0.5) is 5.82 Å². The lowest BCUT2D eigenvalue weighted by atomic mass is 10.1. The first kappa shape index (κ1) is 18.0. The summed E-state index contributed by atoms with van der Waals surface area (Å²) in [4.78, 5) is 26.5. The predicted molar refractivity (Wildman–Crippen MR) is 104 cm³/mol. The molecule has 3 aromatic rings. The number of rotatable bonds is 6. The maximum atomic E-state index is 12.4. The van der Waals surface area contributed by atoms with Crippen LogP contribution in [0.15, 0.2) is 59.3 Å². The molecule has 3 heterocycles. The Hall–Kier alpha value is -3.35. The third-order valence-electron chi connectivity index (χ3n) is 4.83. The Morgan fingerprint density at radius 2 is 2.07 bits per heavy atom. The van der Waals surface area contributed by atoms with Gasteiger partial charge < -0.3 is 9.73 Å². The monoisotopic (exact) mass is 378 g/mol. The van der Waals surface area contributed by atoms with E-state index in [4.69, 9.17) is 4.42 Å². The predicted octanol–water partition coefficient (Wildman–Crippen LogP) is 2.77. The number of carbonyl (C=O) groups is 2. The number of fused-ring (bicyclic) bond motifs is 1. The van der Waals surface area contributed by atoms with Crippen LogP contribution in [0.2, 0.25) is 0 Å². The largest absolute Gasteiger partial charge is 0.469 e. The number of carbonyl (C=O) groups excluding carboxylic acids is 2. The maximum absolute atomic E-state index is 12.4. The van der Waals surface area contributed by atoms with E-state index < -0.39 is 0 Å². The van der Waals surface area contributed by atoms with Crippen molar-refractivity contribution in [2.24, 2.45) is 0 Å². The van der Waals surface area contributed by atoms with Crippen molar-refractivity contribution in [2.45, 2.75) is 38.9 Å². The zero-order chi connectivity index (χ0) is 19.5. The van der Waals surface area contributed by atoms with Crippen LogP contribution in [0, 0.1) is 0 Å². The molecule has 1 N–H and O–H groups in total. The molecule has 1 atom stereocenters. The Kier molecular flexibility index (Phi) is 4.97. The summed E-state index contributed by atoms with van der Waals surface area (Å²) in [6.07, 6.45) is 4.42. The van der Waals surface area contributed by atoms with Gasteiger partial charge in [-0.15, -0.1) is 0 Å². The normalized spacial score (nSPS) is 14.6. The van der Waals surface area contributed by atoms with Gasteiger partial charge in [-0.3, -0.25) is 14.5 Å². The maximum Gasteiger partial charge on any atom is 0.251 e. The van der Waals surface area contributed by atoms with E-state index in [1.54, 1.807) is 29.5 Å². The Morgan fingerprint density at radius 1 is 1.25 bits per heavy atom. The molecule has 0 radical (unpaired) electrons. The Labute approximate surface area is 162 Å². The fourth-order valence-corrected chi connectivity index (χ4v) is 3.39. The first-order valence-electron chi connectivity index (χ1n) is 9.34. The van der Waals surface area contributed by atoms with E-state index in [0.717, 1.165) is 17.1 Å². The minimum atomic E-state index is -0.127. The van der Waals surface area contributed by atoms with Crippen molar-refractivity contribution in [3.8, 4) is 0 Å². The summed E-state index contributed by atoms with van der Waals surface area (Å²) in [5.74, 6) is 1.61. The van der Waals surface area contributed by atoms with Crippen molar-refractivity contribution >= 4 is 17.6 Å². The highest BCUT2D eigenvalue weighted by Gasteiger charge is 2.24. The zero-order valence-corrected chi connectivity index (χ0v) is 15.7. The molecule has 0 saturated carbocycles. The Balaban J connectivity index is 1.39. The summed E-state index contributed by atoms with van der Waals surface area (Å²) in [6.45, 7) is 3.02. The van der Waals surface area contributed by atoms with Gasteiger partial charge >= 0.3 is 0 Å². The second-order valence-corrected chi connectivity index (χ2v) is 7.00. The van der Waals surface area contributed by atoms with Crippen molar-refractivity contribution in [1.82, 2.24) is 15.1 Å². The first-order valence-corrected chi connectivity index (χ1v) is 9.34. The summed E-state index contributed by atoms with van der Waals surface area (Å²) >= 11 is 0. The average Bonchev–Trinajstić information content (AvgIpc) is 3.36. The summed E-state index contributed by atoms with van der Waals surface area (Å²) in [7, 11) is 0. The summed E-state index contributed by atoms with van der Waals surface area (Å²) in [5, 5.41) is 7.21. The number of benzene rings is 1. The van der Waals surface area contributed by atoms with Crippen LogP contribution in [-0.2, 0) is 24.3 Å². The highest BCUT2D eigenvalue weighted by molar-refractivity contribution is 5.95. The summed E-state index contributed by atoms with van der Waals surface area (Å²) in [5.41, 5.74) is 1.55. The molecule has 0 spiro atoms. The number of nitrogens with zero attached hydrogens (tertiary/aromatic N) is 3. The fourth-order valence-electron chi connectivity index (χ4n) is 3.39. The Morgan fingerprint density at radius 3 is 2.82 bits per heavy atom. The second-order valence-electron chi connectivity index (χ2n) is 7.00. The molecule has 1 aromatic carbocycles.